The average Bonchev–Trinajstić information content (AvgIpc) is 2.33. The summed E-state index contributed by atoms with van der Waals surface area (Å²) in [6, 6.07) is 0.537. The van der Waals surface area contributed by atoms with E-state index in [9.17, 15) is 0 Å². The van der Waals surface area contributed by atoms with Crippen molar-refractivity contribution < 1.29 is 0 Å². The molecule has 0 unspecified atom stereocenters. The molecule has 1 heteroatoms. The van der Waals surface area contributed by atoms with E-state index in [1.54, 1.807) is 0 Å². The Hall–Kier alpha value is -0.980. The van der Waals surface area contributed by atoms with Crippen molar-refractivity contribution in [2.24, 2.45) is 5.92 Å². The second-order valence-corrected chi connectivity index (χ2v) is 2.40. The minimum atomic E-state index is 0.537. The molecule has 0 spiro atoms. The van der Waals surface area contributed by atoms with E-state index < -0.39 is 0 Å². The Labute approximate surface area is 54.8 Å². The fourth-order valence-corrected chi connectivity index (χ4v) is 1.25. The molecule has 0 fully saturated rings. The first kappa shape index (κ1) is 4.86. The lowest BCUT2D eigenvalue weighted by atomic mass is 9.98. The molecule has 0 bridgehead atoms. The molecule has 0 amide bonds. The minimum Gasteiger partial charge on any atom is -0.384 e. The van der Waals surface area contributed by atoms with Crippen LogP contribution in [0.1, 0.15) is 0 Å². The molecule has 1 nitrogen and oxygen atoms in total. The van der Waals surface area contributed by atoms with Crippen molar-refractivity contribution in [3.8, 4) is 0 Å². The second-order valence-electron chi connectivity index (χ2n) is 2.40. The molecular weight excluding hydrogens is 110 g/mol. The average molecular weight is 119 g/mol. The third kappa shape index (κ3) is 0.689. The summed E-state index contributed by atoms with van der Waals surface area (Å²) in [6.07, 6.45) is 12.8. The van der Waals surface area contributed by atoms with Gasteiger partial charge in [0.2, 0.25) is 0 Å². The van der Waals surface area contributed by atoms with Gasteiger partial charge in [-0.05, 0) is 6.20 Å². The van der Waals surface area contributed by atoms with Crippen LogP contribution < -0.4 is 5.32 Å². The molecule has 1 N–H and O–H groups in total. The highest BCUT2D eigenvalue weighted by Gasteiger charge is 2.17. The molecule has 9 heavy (non-hydrogen) atoms. The minimum absolute atomic E-state index is 0.537. The highest BCUT2D eigenvalue weighted by Crippen LogP contribution is 2.17. The van der Waals surface area contributed by atoms with Crippen LogP contribution in [0.15, 0.2) is 36.6 Å². The van der Waals surface area contributed by atoms with Gasteiger partial charge in [0.15, 0.2) is 0 Å². The Balaban J connectivity index is 2.25. The predicted molar refractivity (Wildman–Crippen MR) is 37.8 cm³/mol. The molecule has 46 valence electrons. The van der Waals surface area contributed by atoms with Gasteiger partial charge in [-0.3, -0.25) is 0 Å². The van der Waals surface area contributed by atoms with E-state index in [0.717, 1.165) is 0 Å². The SMILES string of the molecule is C1=C[C@@H]2C=CN[C@H]2C=C1. The number of hydrogen-bond acceptors (Lipinski definition) is 1. The summed E-state index contributed by atoms with van der Waals surface area (Å²) in [5.41, 5.74) is 0. The number of fused-ring (bicyclic) bond motifs is 1. The lowest BCUT2D eigenvalue weighted by molar-refractivity contribution is 0.649. The van der Waals surface area contributed by atoms with Gasteiger partial charge in [-0.1, -0.05) is 30.4 Å². The normalized spacial score (nSPS) is 36.4. The van der Waals surface area contributed by atoms with Crippen molar-refractivity contribution in [3.63, 3.8) is 0 Å². The van der Waals surface area contributed by atoms with Gasteiger partial charge >= 0.3 is 0 Å². The zero-order chi connectivity index (χ0) is 6.10. The third-order valence-electron chi connectivity index (χ3n) is 1.78. The molecule has 0 radical (unpaired) electrons. The zero-order valence-electron chi connectivity index (χ0n) is 5.12. The molecule has 0 saturated carbocycles. The molecule has 0 aromatic rings. The molecule has 1 heterocycles. The van der Waals surface area contributed by atoms with Gasteiger partial charge in [-0.2, -0.15) is 0 Å². The van der Waals surface area contributed by atoms with E-state index in [2.05, 4.69) is 35.7 Å². The van der Waals surface area contributed by atoms with Crippen LogP contribution in [0.4, 0.5) is 0 Å². The summed E-state index contributed by atoms with van der Waals surface area (Å²) in [7, 11) is 0. The van der Waals surface area contributed by atoms with Crippen LogP contribution in [0.2, 0.25) is 0 Å². The Bertz CT molecular complexity index is 189. The first-order valence-corrected chi connectivity index (χ1v) is 3.24. The molecular formula is C8H9N. The van der Waals surface area contributed by atoms with E-state index in [-0.39, 0.29) is 0 Å². The van der Waals surface area contributed by atoms with Crippen LogP contribution in [0.25, 0.3) is 0 Å². The van der Waals surface area contributed by atoms with Gasteiger partial charge in [0.05, 0.1) is 6.04 Å². The van der Waals surface area contributed by atoms with Crippen molar-refractivity contribution in [2.45, 2.75) is 6.04 Å². The highest BCUT2D eigenvalue weighted by molar-refractivity contribution is 5.25. The molecule has 0 aromatic carbocycles. The molecule has 2 atom stereocenters. The molecule has 0 aromatic heterocycles. The third-order valence-corrected chi connectivity index (χ3v) is 1.78. The maximum atomic E-state index is 3.24. The topological polar surface area (TPSA) is 12.0 Å². The van der Waals surface area contributed by atoms with E-state index >= 15 is 0 Å². The Morgan fingerprint density at radius 2 is 1.89 bits per heavy atom. The summed E-state index contributed by atoms with van der Waals surface area (Å²) in [6.45, 7) is 0. The Morgan fingerprint density at radius 3 is 2.78 bits per heavy atom. The van der Waals surface area contributed by atoms with Gasteiger partial charge in [0.25, 0.3) is 0 Å². The number of allylic oxidation sites excluding steroid dienone is 2. The zero-order valence-corrected chi connectivity index (χ0v) is 5.12. The predicted octanol–water partition coefficient (Wildman–Crippen LogP) is 1.21. The van der Waals surface area contributed by atoms with E-state index in [4.69, 9.17) is 0 Å². The van der Waals surface area contributed by atoms with Gasteiger partial charge in [-0.15, -0.1) is 0 Å². The van der Waals surface area contributed by atoms with Crippen molar-refractivity contribution in [3.05, 3.63) is 36.6 Å². The Kier molecular flexibility index (Phi) is 0.950. The molecule has 2 aliphatic rings. The van der Waals surface area contributed by atoms with E-state index in [1.807, 2.05) is 6.20 Å². The maximum Gasteiger partial charge on any atom is 0.0540 e. The van der Waals surface area contributed by atoms with Gasteiger partial charge in [0, 0.05) is 5.92 Å². The van der Waals surface area contributed by atoms with Crippen molar-refractivity contribution in [1.29, 1.82) is 0 Å². The van der Waals surface area contributed by atoms with Crippen LogP contribution in [-0.2, 0) is 0 Å². The molecule has 1 aliphatic carbocycles. The lowest BCUT2D eigenvalue weighted by Crippen LogP contribution is -2.23. The van der Waals surface area contributed by atoms with Gasteiger partial charge in [-0.25, -0.2) is 0 Å². The van der Waals surface area contributed by atoms with Gasteiger partial charge in [0.1, 0.15) is 0 Å². The second kappa shape index (κ2) is 1.76. The number of rotatable bonds is 0. The standard InChI is InChI=1S/C8H9N/c1-2-4-8-7(3-1)5-6-9-8/h1-9H/t7-,8+/m1/s1. The summed E-state index contributed by atoms with van der Waals surface area (Å²) in [5, 5.41) is 3.24. The van der Waals surface area contributed by atoms with E-state index in [0.29, 0.717) is 12.0 Å². The smallest absolute Gasteiger partial charge is 0.0540 e. The monoisotopic (exact) mass is 119 g/mol. The highest BCUT2D eigenvalue weighted by atomic mass is 14.9. The quantitative estimate of drug-likeness (QED) is 0.505. The largest absolute Gasteiger partial charge is 0.384 e. The number of nitrogens with one attached hydrogen (secondary N) is 1. The van der Waals surface area contributed by atoms with Gasteiger partial charge < -0.3 is 5.32 Å². The van der Waals surface area contributed by atoms with Crippen molar-refractivity contribution in [2.75, 3.05) is 0 Å². The number of hydrogen-bond donors (Lipinski definition) is 1. The van der Waals surface area contributed by atoms with Crippen molar-refractivity contribution in [1.82, 2.24) is 5.32 Å². The summed E-state index contributed by atoms with van der Waals surface area (Å²) in [5.74, 6) is 0.606. The first-order valence-electron chi connectivity index (χ1n) is 3.24. The summed E-state index contributed by atoms with van der Waals surface area (Å²) >= 11 is 0. The van der Waals surface area contributed by atoms with Crippen LogP contribution in [0, 0.1) is 5.92 Å². The Morgan fingerprint density at radius 1 is 1.00 bits per heavy atom. The van der Waals surface area contributed by atoms with Crippen LogP contribution >= 0.6 is 0 Å². The lowest BCUT2D eigenvalue weighted by Gasteiger charge is -2.14. The van der Waals surface area contributed by atoms with Crippen LogP contribution in [-0.4, -0.2) is 6.04 Å². The fourth-order valence-electron chi connectivity index (χ4n) is 1.25. The van der Waals surface area contributed by atoms with Crippen LogP contribution in [0.3, 0.4) is 0 Å². The molecule has 2 rings (SSSR count). The van der Waals surface area contributed by atoms with Crippen molar-refractivity contribution >= 4 is 0 Å². The molecule has 0 saturated heterocycles. The van der Waals surface area contributed by atoms with Crippen LogP contribution in [0.5, 0.6) is 0 Å². The fraction of sp³-hybridized carbons (Fsp3) is 0.250. The summed E-state index contributed by atoms with van der Waals surface area (Å²) < 4.78 is 0. The first-order chi connectivity index (χ1) is 4.47. The summed E-state index contributed by atoms with van der Waals surface area (Å²) in [4.78, 5) is 0. The maximum absolute atomic E-state index is 3.24. The molecule has 1 aliphatic heterocycles. The van der Waals surface area contributed by atoms with E-state index in [1.165, 1.54) is 0 Å².